The molecule has 1 heterocycles. The van der Waals surface area contributed by atoms with Crippen LogP contribution in [0.2, 0.25) is 0 Å². The highest BCUT2D eigenvalue weighted by Crippen LogP contribution is 2.30. The van der Waals surface area contributed by atoms with Crippen molar-refractivity contribution in [3.63, 3.8) is 0 Å². The number of fused-ring (bicyclic) bond motifs is 2. The van der Waals surface area contributed by atoms with Crippen molar-refractivity contribution in [2.45, 2.75) is 77.2 Å². The first-order valence-electron chi connectivity index (χ1n) is 23.5. The van der Waals surface area contributed by atoms with Gasteiger partial charge in [0.15, 0.2) is 0 Å². The number of esters is 4. The number of carbonyl (C=O) groups excluding carboxylic acids is 4. The van der Waals surface area contributed by atoms with Crippen LogP contribution in [0, 0.1) is 0 Å². The predicted octanol–water partition coefficient (Wildman–Crippen LogP) is 11.6. The van der Waals surface area contributed by atoms with Crippen molar-refractivity contribution >= 4 is 45.4 Å². The van der Waals surface area contributed by atoms with Crippen LogP contribution in [0.15, 0.2) is 128 Å². The minimum absolute atomic E-state index is 0.308. The average molecular weight is 923 g/mol. The monoisotopic (exact) mass is 922 g/mol. The van der Waals surface area contributed by atoms with Crippen molar-refractivity contribution < 1.29 is 57.1 Å². The van der Waals surface area contributed by atoms with Crippen LogP contribution in [0.4, 0.5) is 0 Å². The lowest BCUT2D eigenvalue weighted by atomic mass is 10.1. The van der Waals surface area contributed by atoms with Crippen LogP contribution >= 0.6 is 0 Å². The smallest absolute Gasteiger partial charge is 0.343 e. The Kier molecular flexibility index (Phi) is 18.1. The molecule has 12 heteroatoms. The summed E-state index contributed by atoms with van der Waals surface area (Å²) in [5.74, 6) is 0.576. The Morgan fingerprint density at radius 1 is 0.544 bits per heavy atom. The molecule has 0 amide bonds. The molecule has 1 saturated heterocycles. The van der Waals surface area contributed by atoms with Gasteiger partial charge in [0, 0.05) is 12.7 Å². The Balaban J connectivity index is 0.862. The fourth-order valence-corrected chi connectivity index (χ4v) is 7.42. The summed E-state index contributed by atoms with van der Waals surface area (Å²) in [6, 6.07) is 33.4. The van der Waals surface area contributed by atoms with Crippen LogP contribution in [0.25, 0.3) is 21.5 Å². The SMILES string of the molecule is C=CC(=O)OCCCCCCOc1ccc2cc(C(=O)Oc3ccc(OC(=O)c4ccc5cc(OC(=O)c6ccc(OCCCCCCOC[C@@H]7CO7)cc6)ccc5c4)c(CCC)c3)ccc2c1. The third-order valence-corrected chi connectivity index (χ3v) is 11.2. The molecule has 12 nitrogen and oxygen atoms in total. The van der Waals surface area contributed by atoms with Gasteiger partial charge in [-0.2, -0.15) is 0 Å². The lowest BCUT2D eigenvalue weighted by Gasteiger charge is -2.13. The van der Waals surface area contributed by atoms with Gasteiger partial charge >= 0.3 is 23.9 Å². The van der Waals surface area contributed by atoms with E-state index in [1.165, 1.54) is 0 Å². The summed E-state index contributed by atoms with van der Waals surface area (Å²) in [7, 11) is 0. The minimum Gasteiger partial charge on any atom is -0.494 e. The Morgan fingerprint density at radius 3 is 1.66 bits per heavy atom. The number of epoxide rings is 1. The molecule has 0 N–H and O–H groups in total. The van der Waals surface area contributed by atoms with Crippen molar-refractivity contribution in [2.24, 2.45) is 0 Å². The first-order valence-corrected chi connectivity index (χ1v) is 23.5. The van der Waals surface area contributed by atoms with E-state index >= 15 is 0 Å². The van der Waals surface area contributed by atoms with E-state index in [4.69, 9.17) is 37.9 Å². The van der Waals surface area contributed by atoms with Crippen molar-refractivity contribution in [1.29, 1.82) is 0 Å². The molecule has 1 aliphatic rings. The van der Waals surface area contributed by atoms with Gasteiger partial charge in [-0.1, -0.05) is 50.6 Å². The predicted molar refractivity (Wildman–Crippen MR) is 259 cm³/mol. The molecule has 0 unspecified atom stereocenters. The van der Waals surface area contributed by atoms with Crippen LogP contribution in [0.3, 0.4) is 0 Å². The molecule has 0 radical (unpaired) electrons. The highest BCUT2D eigenvalue weighted by Gasteiger charge is 2.22. The first-order chi connectivity index (χ1) is 33.2. The molecule has 1 fully saturated rings. The van der Waals surface area contributed by atoms with E-state index < -0.39 is 23.9 Å². The Hall–Kier alpha value is -7.02. The standard InChI is InChI=1S/C56H58O12/c1-3-13-44-36-50(67-55(59)45-16-14-42-34-48(24-20-40(42)32-45)63-30-11-7-8-12-31-64-53(57)4-2)26-27-52(44)68-56(60)46-17-15-43-35-49(25-21-41(43)33-46)66-54(58)39-18-22-47(23-19-39)62-29-10-6-5-9-28-61-37-51-38-65-51/h4,14-27,32-36,51H,2-3,5-13,28-31,37-38H2,1H3/t51-/m1/s1. The van der Waals surface area contributed by atoms with E-state index in [0.717, 1.165) is 110 Å². The second-order valence-corrected chi connectivity index (χ2v) is 16.6. The van der Waals surface area contributed by atoms with Crippen molar-refractivity contribution in [3.8, 4) is 28.7 Å². The van der Waals surface area contributed by atoms with Gasteiger partial charge in [0.25, 0.3) is 0 Å². The second kappa shape index (κ2) is 25.2. The maximum Gasteiger partial charge on any atom is 0.343 e. The summed E-state index contributed by atoms with van der Waals surface area (Å²) in [5, 5.41) is 3.34. The van der Waals surface area contributed by atoms with Crippen LogP contribution in [-0.4, -0.2) is 69.6 Å². The molecule has 1 aliphatic heterocycles. The zero-order valence-electron chi connectivity index (χ0n) is 38.5. The molecule has 7 rings (SSSR count). The lowest BCUT2D eigenvalue weighted by Crippen LogP contribution is -2.11. The minimum atomic E-state index is -0.539. The highest BCUT2D eigenvalue weighted by atomic mass is 16.6. The van der Waals surface area contributed by atoms with Gasteiger partial charge in [0.2, 0.25) is 0 Å². The van der Waals surface area contributed by atoms with Crippen LogP contribution in [-0.2, 0) is 25.4 Å². The molecule has 0 aliphatic carbocycles. The number of benzene rings is 6. The van der Waals surface area contributed by atoms with Crippen molar-refractivity contribution in [2.75, 3.05) is 39.6 Å². The van der Waals surface area contributed by atoms with Crippen LogP contribution in [0.5, 0.6) is 28.7 Å². The van der Waals surface area contributed by atoms with E-state index in [9.17, 15) is 19.2 Å². The number of rotatable bonds is 27. The molecular weight excluding hydrogens is 865 g/mol. The largest absolute Gasteiger partial charge is 0.494 e. The Labute approximate surface area is 397 Å². The third kappa shape index (κ3) is 15.0. The molecule has 354 valence electrons. The van der Waals surface area contributed by atoms with E-state index in [2.05, 4.69) is 6.58 Å². The van der Waals surface area contributed by atoms with Gasteiger partial charge in [0.1, 0.15) is 34.9 Å². The lowest BCUT2D eigenvalue weighted by molar-refractivity contribution is -0.137. The molecule has 0 aromatic heterocycles. The van der Waals surface area contributed by atoms with Crippen LogP contribution < -0.4 is 23.7 Å². The molecule has 0 saturated carbocycles. The molecule has 0 spiro atoms. The van der Waals surface area contributed by atoms with Gasteiger partial charge < -0.3 is 37.9 Å². The van der Waals surface area contributed by atoms with Crippen molar-refractivity contribution in [3.05, 3.63) is 150 Å². The number of aryl methyl sites for hydroxylation is 1. The van der Waals surface area contributed by atoms with Gasteiger partial charge in [-0.05, 0) is 169 Å². The summed E-state index contributed by atoms with van der Waals surface area (Å²) in [4.78, 5) is 50.9. The number of unbranched alkanes of at least 4 members (excludes halogenated alkanes) is 6. The highest BCUT2D eigenvalue weighted by molar-refractivity contribution is 5.98. The summed E-state index contributed by atoms with van der Waals surface area (Å²) < 4.78 is 44.9. The van der Waals surface area contributed by atoms with E-state index in [1.807, 2.05) is 31.2 Å². The van der Waals surface area contributed by atoms with E-state index in [0.29, 0.717) is 78.6 Å². The number of hydrogen-bond acceptors (Lipinski definition) is 12. The molecule has 6 aromatic carbocycles. The summed E-state index contributed by atoms with van der Waals surface area (Å²) in [5.41, 5.74) is 1.86. The van der Waals surface area contributed by atoms with Gasteiger partial charge in [-0.15, -0.1) is 0 Å². The summed E-state index contributed by atoms with van der Waals surface area (Å²) in [6.07, 6.45) is 10.5. The topological polar surface area (TPSA) is 145 Å². The molecule has 68 heavy (non-hydrogen) atoms. The quantitative estimate of drug-likeness (QED) is 0.0159. The molecule has 0 bridgehead atoms. The van der Waals surface area contributed by atoms with Gasteiger partial charge in [-0.25, -0.2) is 19.2 Å². The zero-order chi connectivity index (χ0) is 47.5. The first kappa shape index (κ1) is 48.9. The second-order valence-electron chi connectivity index (χ2n) is 16.6. The van der Waals surface area contributed by atoms with Crippen molar-refractivity contribution in [1.82, 2.24) is 0 Å². The third-order valence-electron chi connectivity index (χ3n) is 11.2. The maximum absolute atomic E-state index is 13.5. The van der Waals surface area contributed by atoms with E-state index in [1.54, 1.807) is 91.0 Å². The number of hydrogen-bond donors (Lipinski definition) is 0. The van der Waals surface area contributed by atoms with Gasteiger partial charge in [0.05, 0.1) is 49.7 Å². The maximum atomic E-state index is 13.5. The fourth-order valence-electron chi connectivity index (χ4n) is 7.42. The zero-order valence-corrected chi connectivity index (χ0v) is 38.5. The Morgan fingerprint density at radius 2 is 1.03 bits per heavy atom. The molecule has 1 atom stereocenters. The van der Waals surface area contributed by atoms with Crippen LogP contribution in [0.1, 0.15) is 101 Å². The molecule has 6 aromatic rings. The number of carbonyl (C=O) groups is 4. The normalized spacial score (nSPS) is 12.9. The average Bonchev–Trinajstić information content (AvgIpc) is 4.19. The number of ether oxygens (including phenoxy) is 8. The van der Waals surface area contributed by atoms with E-state index in [-0.39, 0.29) is 0 Å². The van der Waals surface area contributed by atoms with Gasteiger partial charge in [-0.3, -0.25) is 0 Å². The Bertz CT molecular complexity index is 2670. The summed E-state index contributed by atoms with van der Waals surface area (Å²) >= 11 is 0. The molecular formula is C56H58O12. The fraction of sp³-hybridized carbons (Fsp3) is 0.321. The summed E-state index contributed by atoms with van der Waals surface area (Å²) in [6.45, 7) is 9.24.